The molecule has 0 atom stereocenters. The van der Waals surface area contributed by atoms with Gasteiger partial charge in [-0.25, -0.2) is 0 Å². The zero-order valence-electron chi connectivity index (χ0n) is 13.0. The lowest BCUT2D eigenvalue weighted by Crippen LogP contribution is -2.13. The Balaban J connectivity index is 2.14. The van der Waals surface area contributed by atoms with Crippen molar-refractivity contribution in [3.8, 4) is 11.5 Å². The van der Waals surface area contributed by atoms with Crippen LogP contribution in [0.4, 0.5) is 0 Å². The van der Waals surface area contributed by atoms with E-state index in [1.807, 2.05) is 12.1 Å². The standard InChI is InChI=1S/C18H23NO2/c1-4-19-12-16-6-5-7-17(20-3)18(16)21-13-15-10-8-14(2)9-11-15/h5-11,19H,4,12-13H2,1-3H3. The molecule has 0 amide bonds. The van der Waals surface area contributed by atoms with Crippen molar-refractivity contribution in [2.45, 2.75) is 27.0 Å². The monoisotopic (exact) mass is 285 g/mol. The first-order valence-electron chi connectivity index (χ1n) is 7.29. The van der Waals surface area contributed by atoms with Crippen LogP contribution in [0.15, 0.2) is 42.5 Å². The van der Waals surface area contributed by atoms with Gasteiger partial charge >= 0.3 is 0 Å². The highest BCUT2D eigenvalue weighted by Gasteiger charge is 2.10. The molecule has 1 N–H and O–H groups in total. The SMILES string of the molecule is CCNCc1cccc(OC)c1OCc1ccc(C)cc1. The van der Waals surface area contributed by atoms with Crippen LogP contribution in [0.25, 0.3) is 0 Å². The predicted molar refractivity (Wildman–Crippen MR) is 85.9 cm³/mol. The van der Waals surface area contributed by atoms with E-state index in [9.17, 15) is 0 Å². The molecule has 0 aromatic heterocycles. The largest absolute Gasteiger partial charge is 0.493 e. The highest BCUT2D eigenvalue weighted by molar-refractivity contribution is 5.46. The second kappa shape index (κ2) is 7.70. The molecule has 0 spiro atoms. The van der Waals surface area contributed by atoms with E-state index in [-0.39, 0.29) is 0 Å². The van der Waals surface area contributed by atoms with Crippen molar-refractivity contribution in [3.63, 3.8) is 0 Å². The van der Waals surface area contributed by atoms with Gasteiger partial charge in [0.1, 0.15) is 6.61 Å². The molecule has 0 aliphatic carbocycles. The maximum Gasteiger partial charge on any atom is 0.166 e. The summed E-state index contributed by atoms with van der Waals surface area (Å²) < 4.78 is 11.4. The van der Waals surface area contributed by atoms with Crippen LogP contribution in [0.3, 0.4) is 0 Å². The van der Waals surface area contributed by atoms with Gasteiger partial charge in [-0.2, -0.15) is 0 Å². The van der Waals surface area contributed by atoms with Crippen molar-refractivity contribution in [1.82, 2.24) is 5.32 Å². The topological polar surface area (TPSA) is 30.5 Å². The molecule has 0 saturated carbocycles. The molecule has 0 aliphatic rings. The Labute approximate surface area is 126 Å². The highest BCUT2D eigenvalue weighted by Crippen LogP contribution is 2.31. The molecule has 21 heavy (non-hydrogen) atoms. The third-order valence-corrected chi connectivity index (χ3v) is 3.35. The molecule has 2 aromatic carbocycles. The van der Waals surface area contributed by atoms with Crippen LogP contribution in [0.1, 0.15) is 23.6 Å². The summed E-state index contributed by atoms with van der Waals surface area (Å²) in [5, 5.41) is 3.33. The minimum atomic E-state index is 0.541. The summed E-state index contributed by atoms with van der Waals surface area (Å²) in [5.41, 5.74) is 3.52. The molecule has 0 heterocycles. The first-order chi connectivity index (χ1) is 10.2. The lowest BCUT2D eigenvalue weighted by molar-refractivity contribution is 0.280. The number of benzene rings is 2. The Hall–Kier alpha value is -2.00. The fraction of sp³-hybridized carbons (Fsp3) is 0.333. The van der Waals surface area contributed by atoms with E-state index >= 15 is 0 Å². The van der Waals surface area contributed by atoms with Crippen LogP contribution < -0.4 is 14.8 Å². The van der Waals surface area contributed by atoms with Crippen molar-refractivity contribution in [3.05, 3.63) is 59.2 Å². The summed E-state index contributed by atoms with van der Waals surface area (Å²) in [5.74, 6) is 1.60. The molecule has 0 aliphatic heterocycles. The Bertz CT molecular complexity index is 564. The van der Waals surface area contributed by atoms with E-state index in [1.54, 1.807) is 7.11 Å². The van der Waals surface area contributed by atoms with Crippen LogP contribution in [0, 0.1) is 6.92 Å². The number of ether oxygens (including phenoxy) is 2. The van der Waals surface area contributed by atoms with Crippen molar-refractivity contribution in [1.29, 1.82) is 0 Å². The number of methoxy groups -OCH3 is 1. The average molecular weight is 285 g/mol. The third-order valence-electron chi connectivity index (χ3n) is 3.35. The van der Waals surface area contributed by atoms with Gasteiger partial charge in [0.05, 0.1) is 7.11 Å². The van der Waals surface area contributed by atoms with Gasteiger partial charge in [0.25, 0.3) is 0 Å². The summed E-state index contributed by atoms with van der Waals surface area (Å²) in [6.07, 6.45) is 0. The van der Waals surface area contributed by atoms with Gasteiger partial charge < -0.3 is 14.8 Å². The number of para-hydroxylation sites is 1. The van der Waals surface area contributed by atoms with Crippen molar-refractivity contribution >= 4 is 0 Å². The zero-order chi connectivity index (χ0) is 15.1. The summed E-state index contributed by atoms with van der Waals surface area (Å²) in [7, 11) is 1.67. The quantitative estimate of drug-likeness (QED) is 0.841. The van der Waals surface area contributed by atoms with Gasteiger partial charge in [0, 0.05) is 12.1 Å². The summed E-state index contributed by atoms with van der Waals surface area (Å²) in [6, 6.07) is 14.4. The molecule has 0 bridgehead atoms. The lowest BCUT2D eigenvalue weighted by Gasteiger charge is -2.15. The molecule has 3 nitrogen and oxygen atoms in total. The Morgan fingerprint density at radius 2 is 1.81 bits per heavy atom. The van der Waals surface area contributed by atoms with E-state index in [4.69, 9.17) is 9.47 Å². The van der Waals surface area contributed by atoms with E-state index in [1.165, 1.54) is 5.56 Å². The number of nitrogens with one attached hydrogen (secondary N) is 1. The van der Waals surface area contributed by atoms with Gasteiger partial charge in [-0.1, -0.05) is 48.9 Å². The van der Waals surface area contributed by atoms with Gasteiger partial charge in [-0.3, -0.25) is 0 Å². The Morgan fingerprint density at radius 1 is 1.05 bits per heavy atom. The maximum atomic E-state index is 6.02. The predicted octanol–water partition coefficient (Wildman–Crippen LogP) is 3.69. The van der Waals surface area contributed by atoms with Gasteiger partial charge in [-0.15, -0.1) is 0 Å². The maximum absolute atomic E-state index is 6.02. The van der Waals surface area contributed by atoms with Crippen molar-refractivity contribution in [2.24, 2.45) is 0 Å². The molecular weight excluding hydrogens is 262 g/mol. The molecule has 0 radical (unpaired) electrons. The Kier molecular flexibility index (Phi) is 5.64. The summed E-state index contributed by atoms with van der Waals surface area (Å²) in [6.45, 7) is 6.41. The summed E-state index contributed by atoms with van der Waals surface area (Å²) in [4.78, 5) is 0. The molecule has 2 rings (SSSR count). The molecule has 2 aromatic rings. The van der Waals surface area contributed by atoms with E-state index in [0.29, 0.717) is 6.61 Å². The van der Waals surface area contributed by atoms with Crippen molar-refractivity contribution < 1.29 is 9.47 Å². The minimum absolute atomic E-state index is 0.541. The number of hydrogen-bond donors (Lipinski definition) is 1. The number of rotatable bonds is 7. The average Bonchev–Trinajstić information content (AvgIpc) is 2.52. The van der Waals surface area contributed by atoms with Gasteiger partial charge in [0.2, 0.25) is 0 Å². The number of aryl methyl sites for hydroxylation is 1. The summed E-state index contributed by atoms with van der Waals surface area (Å²) >= 11 is 0. The zero-order valence-corrected chi connectivity index (χ0v) is 13.0. The fourth-order valence-corrected chi connectivity index (χ4v) is 2.12. The fourth-order valence-electron chi connectivity index (χ4n) is 2.12. The molecule has 112 valence electrons. The molecule has 0 saturated heterocycles. The van der Waals surface area contributed by atoms with Crippen LogP contribution in [0.5, 0.6) is 11.5 Å². The highest BCUT2D eigenvalue weighted by atomic mass is 16.5. The molecule has 0 fully saturated rings. The van der Waals surface area contributed by atoms with Gasteiger partial charge in [-0.05, 0) is 25.1 Å². The number of hydrogen-bond acceptors (Lipinski definition) is 3. The first-order valence-corrected chi connectivity index (χ1v) is 7.29. The van der Waals surface area contributed by atoms with E-state index < -0.39 is 0 Å². The normalized spacial score (nSPS) is 10.4. The minimum Gasteiger partial charge on any atom is -0.493 e. The second-order valence-corrected chi connectivity index (χ2v) is 5.00. The lowest BCUT2D eigenvalue weighted by atomic mass is 10.1. The molecular formula is C18H23NO2. The second-order valence-electron chi connectivity index (χ2n) is 5.00. The molecule has 3 heteroatoms. The first kappa shape index (κ1) is 15.4. The smallest absolute Gasteiger partial charge is 0.166 e. The van der Waals surface area contributed by atoms with E-state index in [2.05, 4.69) is 49.5 Å². The Morgan fingerprint density at radius 3 is 2.48 bits per heavy atom. The molecule has 0 unspecified atom stereocenters. The van der Waals surface area contributed by atoms with Gasteiger partial charge in [0.15, 0.2) is 11.5 Å². The van der Waals surface area contributed by atoms with E-state index in [0.717, 1.165) is 35.7 Å². The van der Waals surface area contributed by atoms with Crippen molar-refractivity contribution in [2.75, 3.05) is 13.7 Å². The van der Waals surface area contributed by atoms with Crippen LogP contribution in [-0.4, -0.2) is 13.7 Å². The third kappa shape index (κ3) is 4.23. The van der Waals surface area contributed by atoms with Crippen LogP contribution >= 0.6 is 0 Å². The van der Waals surface area contributed by atoms with Crippen LogP contribution in [-0.2, 0) is 13.2 Å². The van der Waals surface area contributed by atoms with Crippen LogP contribution in [0.2, 0.25) is 0 Å².